The molecule has 126 valence electrons. The number of aryl methyl sites for hydroxylation is 1. The van der Waals surface area contributed by atoms with Crippen LogP contribution in [0, 0.1) is 6.92 Å². The van der Waals surface area contributed by atoms with Gasteiger partial charge in [0.1, 0.15) is 0 Å². The summed E-state index contributed by atoms with van der Waals surface area (Å²) in [7, 11) is 0. The molecule has 1 aliphatic carbocycles. The van der Waals surface area contributed by atoms with Crippen LogP contribution in [0.4, 0.5) is 0 Å². The summed E-state index contributed by atoms with van der Waals surface area (Å²) >= 11 is 0. The molecule has 0 heterocycles. The van der Waals surface area contributed by atoms with E-state index in [1.54, 1.807) is 0 Å². The highest BCUT2D eigenvalue weighted by atomic mass is 16.5. The zero-order valence-electron chi connectivity index (χ0n) is 14.4. The van der Waals surface area contributed by atoms with Crippen LogP contribution < -0.4 is 5.32 Å². The van der Waals surface area contributed by atoms with Gasteiger partial charge in [-0.1, -0.05) is 49.1 Å². The summed E-state index contributed by atoms with van der Waals surface area (Å²) in [5, 5.41) is 2.96. The summed E-state index contributed by atoms with van der Waals surface area (Å²) in [5.74, 6) is -0.579. The van der Waals surface area contributed by atoms with E-state index in [0.717, 1.165) is 36.8 Å². The van der Waals surface area contributed by atoms with E-state index in [9.17, 15) is 9.59 Å². The van der Waals surface area contributed by atoms with Crippen LogP contribution in [-0.4, -0.2) is 24.5 Å². The Labute approximate surface area is 138 Å². The molecule has 0 unspecified atom stereocenters. The number of hydrogen-bond donors (Lipinski definition) is 1. The normalized spacial score (nSPS) is 16.0. The number of esters is 1. The summed E-state index contributed by atoms with van der Waals surface area (Å²) < 4.78 is 5.24. The minimum absolute atomic E-state index is 0.204. The zero-order chi connectivity index (χ0) is 16.9. The highest BCUT2D eigenvalue weighted by Crippen LogP contribution is 2.25. The Morgan fingerprint density at radius 1 is 1.13 bits per heavy atom. The second kappa shape index (κ2) is 7.62. The van der Waals surface area contributed by atoms with E-state index < -0.39 is 5.41 Å². The molecular weight excluding hydrogens is 290 g/mol. The van der Waals surface area contributed by atoms with Crippen molar-refractivity contribution in [3.05, 3.63) is 35.4 Å². The number of carbonyl (C=O) groups is 2. The van der Waals surface area contributed by atoms with Crippen molar-refractivity contribution >= 4 is 11.9 Å². The van der Waals surface area contributed by atoms with Gasteiger partial charge in [-0.15, -0.1) is 0 Å². The fraction of sp³-hybridized carbons (Fsp3) is 0.579. The van der Waals surface area contributed by atoms with Crippen molar-refractivity contribution in [2.45, 2.75) is 64.3 Å². The molecule has 23 heavy (non-hydrogen) atoms. The fourth-order valence-corrected chi connectivity index (χ4v) is 2.92. The second-order valence-electron chi connectivity index (χ2n) is 6.97. The van der Waals surface area contributed by atoms with Gasteiger partial charge in [-0.2, -0.15) is 0 Å². The molecule has 0 spiro atoms. The fourth-order valence-electron chi connectivity index (χ4n) is 2.92. The largest absolute Gasteiger partial charge is 0.455 e. The van der Waals surface area contributed by atoms with Gasteiger partial charge >= 0.3 is 5.97 Å². The topological polar surface area (TPSA) is 55.4 Å². The van der Waals surface area contributed by atoms with E-state index >= 15 is 0 Å². The predicted molar refractivity (Wildman–Crippen MR) is 90.2 cm³/mol. The Bertz CT molecular complexity index is 542. The molecule has 0 bridgehead atoms. The number of benzene rings is 1. The van der Waals surface area contributed by atoms with E-state index in [4.69, 9.17) is 4.74 Å². The Morgan fingerprint density at radius 2 is 1.74 bits per heavy atom. The lowest BCUT2D eigenvalue weighted by molar-refractivity contribution is -0.153. The van der Waals surface area contributed by atoms with Crippen LogP contribution in [0.1, 0.15) is 57.1 Å². The van der Waals surface area contributed by atoms with E-state index in [2.05, 4.69) is 5.32 Å². The maximum absolute atomic E-state index is 12.3. The van der Waals surface area contributed by atoms with E-state index in [-0.39, 0.29) is 24.5 Å². The van der Waals surface area contributed by atoms with Crippen molar-refractivity contribution in [1.29, 1.82) is 0 Å². The Morgan fingerprint density at radius 3 is 2.35 bits per heavy atom. The van der Waals surface area contributed by atoms with Gasteiger partial charge in [0.25, 0.3) is 5.91 Å². The number of carbonyl (C=O) groups excluding carboxylic acids is 2. The second-order valence-corrected chi connectivity index (χ2v) is 6.97. The summed E-state index contributed by atoms with van der Waals surface area (Å²) in [5.41, 5.74) is 1.27. The molecule has 1 saturated carbocycles. The van der Waals surface area contributed by atoms with Crippen molar-refractivity contribution in [3.8, 4) is 0 Å². The molecular formula is C19H27NO3. The highest BCUT2D eigenvalue weighted by molar-refractivity contribution is 5.85. The molecule has 0 radical (unpaired) electrons. The SMILES string of the molecule is Cc1ccc(C(C)(C)C(=O)OCC(=O)NC2CCCCC2)cc1. The first kappa shape index (κ1) is 17.5. The maximum Gasteiger partial charge on any atom is 0.316 e. The molecule has 1 N–H and O–H groups in total. The molecule has 0 aromatic heterocycles. The van der Waals surface area contributed by atoms with Crippen LogP contribution in [0.3, 0.4) is 0 Å². The van der Waals surface area contributed by atoms with E-state index in [0.29, 0.717) is 0 Å². The molecule has 4 nitrogen and oxygen atoms in total. The minimum Gasteiger partial charge on any atom is -0.455 e. The zero-order valence-corrected chi connectivity index (χ0v) is 14.4. The lowest BCUT2D eigenvalue weighted by Crippen LogP contribution is -2.40. The summed E-state index contributed by atoms with van der Waals surface area (Å²) in [6, 6.07) is 8.04. The van der Waals surface area contributed by atoms with Gasteiger partial charge in [0, 0.05) is 6.04 Å². The van der Waals surface area contributed by atoms with Gasteiger partial charge in [-0.05, 0) is 39.2 Å². The number of ether oxygens (including phenoxy) is 1. The van der Waals surface area contributed by atoms with Crippen molar-refractivity contribution in [1.82, 2.24) is 5.32 Å². The Balaban J connectivity index is 1.85. The quantitative estimate of drug-likeness (QED) is 0.848. The Hall–Kier alpha value is -1.84. The van der Waals surface area contributed by atoms with Crippen LogP contribution >= 0.6 is 0 Å². The highest BCUT2D eigenvalue weighted by Gasteiger charge is 2.32. The number of rotatable bonds is 5. The monoisotopic (exact) mass is 317 g/mol. The van der Waals surface area contributed by atoms with Crippen molar-refractivity contribution in [2.75, 3.05) is 6.61 Å². The lowest BCUT2D eigenvalue weighted by Gasteiger charge is -2.25. The third-order valence-corrected chi connectivity index (χ3v) is 4.59. The third-order valence-electron chi connectivity index (χ3n) is 4.59. The van der Waals surface area contributed by atoms with Gasteiger partial charge in [-0.3, -0.25) is 9.59 Å². The number of hydrogen-bond acceptors (Lipinski definition) is 3. The molecule has 4 heteroatoms. The third kappa shape index (κ3) is 4.81. The van der Waals surface area contributed by atoms with Gasteiger partial charge < -0.3 is 10.1 Å². The number of nitrogens with one attached hydrogen (secondary N) is 1. The minimum atomic E-state index is -0.765. The van der Waals surface area contributed by atoms with Gasteiger partial charge in [0.15, 0.2) is 6.61 Å². The lowest BCUT2D eigenvalue weighted by atomic mass is 9.84. The van der Waals surface area contributed by atoms with E-state index in [1.807, 2.05) is 45.0 Å². The molecule has 0 atom stereocenters. The van der Waals surface area contributed by atoms with Gasteiger partial charge in [0.05, 0.1) is 5.41 Å². The van der Waals surface area contributed by atoms with Crippen LogP contribution in [0.2, 0.25) is 0 Å². The first-order valence-electron chi connectivity index (χ1n) is 8.43. The molecule has 0 aliphatic heterocycles. The van der Waals surface area contributed by atoms with Crippen molar-refractivity contribution in [2.24, 2.45) is 0 Å². The van der Waals surface area contributed by atoms with Gasteiger partial charge in [0.2, 0.25) is 0 Å². The van der Waals surface area contributed by atoms with Crippen LogP contribution in [0.5, 0.6) is 0 Å². The van der Waals surface area contributed by atoms with Gasteiger partial charge in [-0.25, -0.2) is 0 Å². The summed E-state index contributed by atoms with van der Waals surface area (Å²) in [6.07, 6.45) is 5.60. The van der Waals surface area contributed by atoms with Crippen LogP contribution in [-0.2, 0) is 19.7 Å². The average molecular weight is 317 g/mol. The molecule has 2 rings (SSSR count). The smallest absolute Gasteiger partial charge is 0.316 e. The first-order chi connectivity index (χ1) is 10.9. The molecule has 1 fully saturated rings. The molecule has 1 aromatic carbocycles. The number of amides is 1. The molecule has 1 aliphatic rings. The summed E-state index contributed by atoms with van der Waals surface area (Å²) in [6.45, 7) is 5.44. The van der Waals surface area contributed by atoms with Crippen molar-refractivity contribution in [3.63, 3.8) is 0 Å². The maximum atomic E-state index is 12.3. The average Bonchev–Trinajstić information content (AvgIpc) is 2.54. The molecule has 1 aromatic rings. The van der Waals surface area contributed by atoms with Crippen LogP contribution in [0.25, 0.3) is 0 Å². The molecule has 0 saturated heterocycles. The van der Waals surface area contributed by atoms with Crippen LogP contribution in [0.15, 0.2) is 24.3 Å². The van der Waals surface area contributed by atoms with Crippen molar-refractivity contribution < 1.29 is 14.3 Å². The van der Waals surface area contributed by atoms with E-state index in [1.165, 1.54) is 6.42 Å². The first-order valence-corrected chi connectivity index (χ1v) is 8.43. The molecule has 1 amide bonds. The standard InChI is InChI=1S/C19H27NO3/c1-14-9-11-15(12-10-14)19(2,3)18(22)23-13-17(21)20-16-7-5-4-6-8-16/h9-12,16H,4-8,13H2,1-3H3,(H,20,21). The Kier molecular flexibility index (Phi) is 5.80. The predicted octanol–water partition coefficient (Wildman–Crippen LogP) is 3.26. The summed E-state index contributed by atoms with van der Waals surface area (Å²) in [4.78, 5) is 24.3.